The van der Waals surface area contributed by atoms with Crippen LogP contribution in [0.4, 0.5) is 0 Å². The van der Waals surface area contributed by atoms with Gasteiger partial charge in [-0.1, -0.05) is 61.4 Å². The van der Waals surface area contributed by atoms with Gasteiger partial charge in [-0.15, -0.1) is 0 Å². The number of carbonyl (C=O) groups is 1. The van der Waals surface area contributed by atoms with Crippen LogP contribution in [-0.4, -0.2) is 30.9 Å². The summed E-state index contributed by atoms with van der Waals surface area (Å²) in [5, 5.41) is 0. The van der Waals surface area contributed by atoms with Gasteiger partial charge in [0.1, 0.15) is 12.4 Å². The molecule has 1 aliphatic rings. The number of ether oxygens (including phenoxy) is 4. The van der Waals surface area contributed by atoms with E-state index >= 15 is 0 Å². The van der Waals surface area contributed by atoms with Gasteiger partial charge in [0.25, 0.3) is 5.56 Å². The van der Waals surface area contributed by atoms with Crippen LogP contribution in [0.3, 0.4) is 0 Å². The van der Waals surface area contributed by atoms with E-state index in [0.29, 0.717) is 52.0 Å². The van der Waals surface area contributed by atoms with Crippen LogP contribution >= 0.6 is 43.2 Å². The molecule has 8 nitrogen and oxygen atoms in total. The maximum atomic E-state index is 14.0. The van der Waals surface area contributed by atoms with E-state index in [4.69, 9.17) is 18.9 Å². The Morgan fingerprint density at radius 3 is 2.35 bits per heavy atom. The Morgan fingerprint density at radius 1 is 0.930 bits per heavy atom. The number of esters is 1. The van der Waals surface area contributed by atoms with Gasteiger partial charge in [0.2, 0.25) is 0 Å². The number of aromatic nitrogens is 1. The lowest BCUT2D eigenvalue weighted by atomic mass is 9.97. The van der Waals surface area contributed by atoms with E-state index in [1.54, 1.807) is 18.2 Å². The fraction of sp³-hybridized carbons (Fsp3) is 0.219. The molecule has 5 rings (SSSR count). The van der Waals surface area contributed by atoms with Crippen LogP contribution in [0.5, 0.6) is 17.2 Å². The van der Waals surface area contributed by atoms with Crippen molar-refractivity contribution in [1.82, 2.24) is 4.57 Å². The highest BCUT2D eigenvalue weighted by molar-refractivity contribution is 9.10. The van der Waals surface area contributed by atoms with E-state index in [0.717, 1.165) is 20.1 Å². The second-order valence-electron chi connectivity index (χ2n) is 9.35. The number of hydrogen-bond donors (Lipinski definition) is 0. The zero-order valence-corrected chi connectivity index (χ0v) is 27.6. The van der Waals surface area contributed by atoms with Crippen LogP contribution in [0.25, 0.3) is 6.08 Å². The standard InChI is InChI=1S/C32H28Br2N2O6S/c1-4-40-26-12-8-20(15-27(26)41-5-2)29-24(31(38)39-3)17-35-32-36(29)30(37)28(43-32)16-21-14-23(34)11-13-25(21)42-18-19-6-9-22(33)10-7-19/h6-17,29H,4-5,18H2,1-3H3/b28-16-/t29-/m1/s1. The average Bonchev–Trinajstić information content (AvgIpc) is 3.32. The molecule has 0 aliphatic carbocycles. The normalized spacial score (nSPS) is 14.4. The Labute approximate surface area is 269 Å². The Kier molecular flexibility index (Phi) is 9.84. The highest BCUT2D eigenvalue weighted by Gasteiger charge is 2.31. The summed E-state index contributed by atoms with van der Waals surface area (Å²) >= 11 is 8.22. The van der Waals surface area contributed by atoms with E-state index in [1.165, 1.54) is 29.2 Å². The van der Waals surface area contributed by atoms with Crippen LogP contribution in [0.1, 0.15) is 36.6 Å². The molecule has 0 radical (unpaired) electrons. The molecule has 0 unspecified atom stereocenters. The predicted octanol–water partition coefficient (Wildman–Crippen LogP) is 5.92. The van der Waals surface area contributed by atoms with E-state index in [-0.39, 0.29) is 11.1 Å². The summed E-state index contributed by atoms with van der Waals surface area (Å²) in [5.74, 6) is 1.14. The highest BCUT2D eigenvalue weighted by Crippen LogP contribution is 2.35. The van der Waals surface area contributed by atoms with Gasteiger partial charge in [0, 0.05) is 20.7 Å². The minimum Gasteiger partial charge on any atom is -0.490 e. The van der Waals surface area contributed by atoms with Crippen molar-refractivity contribution in [3.05, 3.63) is 118 Å². The number of rotatable bonds is 10. The number of benzene rings is 3. The first-order valence-electron chi connectivity index (χ1n) is 13.5. The number of thiazole rings is 1. The quantitative estimate of drug-likeness (QED) is 0.189. The van der Waals surface area contributed by atoms with Gasteiger partial charge >= 0.3 is 5.97 Å². The van der Waals surface area contributed by atoms with Crippen molar-refractivity contribution in [2.75, 3.05) is 20.3 Å². The van der Waals surface area contributed by atoms with Gasteiger partial charge in [0.05, 0.1) is 36.5 Å². The van der Waals surface area contributed by atoms with Gasteiger partial charge in [-0.25, -0.2) is 9.79 Å². The van der Waals surface area contributed by atoms with Gasteiger partial charge in [-0.3, -0.25) is 9.36 Å². The average molecular weight is 728 g/mol. The molecule has 2 heterocycles. The van der Waals surface area contributed by atoms with E-state index in [2.05, 4.69) is 36.9 Å². The molecule has 0 saturated carbocycles. The SMILES string of the molecule is CCOc1ccc([C@@H]2C(C(=O)OC)=CN=c3s/c(=C\c4cc(Br)ccc4OCc4ccc(Br)cc4)c(=O)n32)cc1OCC. The second kappa shape index (κ2) is 13.7. The van der Waals surface area contributed by atoms with Crippen molar-refractivity contribution in [1.29, 1.82) is 0 Å². The molecule has 1 aliphatic heterocycles. The van der Waals surface area contributed by atoms with Crippen LogP contribution in [-0.2, 0) is 16.1 Å². The number of halogens is 2. The van der Waals surface area contributed by atoms with E-state index in [9.17, 15) is 9.59 Å². The molecule has 1 aromatic heterocycles. The highest BCUT2D eigenvalue weighted by atomic mass is 79.9. The Balaban J connectivity index is 1.60. The Hall–Kier alpha value is -3.67. The maximum Gasteiger partial charge on any atom is 0.337 e. The summed E-state index contributed by atoms with van der Waals surface area (Å²) in [6, 6.07) is 18.1. The fourth-order valence-electron chi connectivity index (χ4n) is 4.63. The maximum absolute atomic E-state index is 14.0. The van der Waals surface area contributed by atoms with Crippen molar-refractivity contribution in [2.24, 2.45) is 4.99 Å². The predicted molar refractivity (Wildman–Crippen MR) is 173 cm³/mol. The fourth-order valence-corrected chi connectivity index (χ4v) is 6.24. The molecule has 43 heavy (non-hydrogen) atoms. The molecule has 222 valence electrons. The Bertz CT molecular complexity index is 1860. The lowest BCUT2D eigenvalue weighted by Crippen LogP contribution is -2.39. The summed E-state index contributed by atoms with van der Waals surface area (Å²) in [5.41, 5.74) is 2.32. The van der Waals surface area contributed by atoms with Gasteiger partial charge in [0.15, 0.2) is 16.3 Å². The van der Waals surface area contributed by atoms with Crippen LogP contribution in [0, 0.1) is 0 Å². The molecule has 1 atom stereocenters. The van der Waals surface area contributed by atoms with Gasteiger partial charge < -0.3 is 18.9 Å². The van der Waals surface area contributed by atoms with Crippen LogP contribution < -0.4 is 29.1 Å². The van der Waals surface area contributed by atoms with Crippen LogP contribution in [0.15, 0.2) is 91.2 Å². The molecule has 0 amide bonds. The Morgan fingerprint density at radius 2 is 1.63 bits per heavy atom. The molecule has 0 saturated heterocycles. The van der Waals surface area contributed by atoms with E-state index in [1.807, 2.05) is 62.4 Å². The van der Waals surface area contributed by atoms with Crippen molar-refractivity contribution in [3.63, 3.8) is 0 Å². The second-order valence-corrected chi connectivity index (χ2v) is 12.2. The van der Waals surface area contributed by atoms with Crippen molar-refractivity contribution in [3.8, 4) is 17.2 Å². The minimum atomic E-state index is -0.781. The third kappa shape index (κ3) is 6.79. The molecule has 0 fully saturated rings. The zero-order valence-electron chi connectivity index (χ0n) is 23.6. The number of hydrogen-bond acceptors (Lipinski definition) is 8. The summed E-state index contributed by atoms with van der Waals surface area (Å²) < 4.78 is 26.6. The zero-order chi connectivity index (χ0) is 30.5. The smallest absolute Gasteiger partial charge is 0.337 e. The number of methoxy groups -OCH3 is 1. The largest absolute Gasteiger partial charge is 0.490 e. The van der Waals surface area contributed by atoms with Crippen molar-refractivity contribution in [2.45, 2.75) is 26.5 Å². The molecule has 4 aromatic rings. The monoisotopic (exact) mass is 726 g/mol. The molecular weight excluding hydrogens is 700 g/mol. The molecule has 3 aromatic carbocycles. The lowest BCUT2D eigenvalue weighted by molar-refractivity contribution is -0.136. The summed E-state index contributed by atoms with van der Waals surface area (Å²) in [6.45, 7) is 5.02. The van der Waals surface area contributed by atoms with Gasteiger partial charge in [-0.2, -0.15) is 0 Å². The summed E-state index contributed by atoms with van der Waals surface area (Å²) in [7, 11) is 1.30. The van der Waals surface area contributed by atoms with Crippen LogP contribution in [0.2, 0.25) is 0 Å². The van der Waals surface area contributed by atoms with Crippen molar-refractivity contribution < 1.29 is 23.7 Å². The van der Waals surface area contributed by atoms with E-state index < -0.39 is 12.0 Å². The first-order valence-corrected chi connectivity index (χ1v) is 15.9. The van der Waals surface area contributed by atoms with Gasteiger partial charge in [-0.05, 0) is 73.5 Å². The third-order valence-electron chi connectivity index (χ3n) is 6.57. The minimum absolute atomic E-state index is 0.231. The molecular formula is C32H28Br2N2O6S. The number of carbonyl (C=O) groups excluding carboxylic acids is 1. The topological polar surface area (TPSA) is 88.4 Å². The summed E-state index contributed by atoms with van der Waals surface area (Å²) in [6.07, 6.45) is 3.25. The molecule has 11 heteroatoms. The molecule has 0 bridgehead atoms. The first kappa shape index (κ1) is 30.8. The number of nitrogens with zero attached hydrogens (tertiary/aromatic N) is 2. The molecule has 0 spiro atoms. The molecule has 0 N–H and O–H groups in total. The summed E-state index contributed by atoms with van der Waals surface area (Å²) in [4.78, 5) is 31.8. The third-order valence-corrected chi connectivity index (χ3v) is 8.59. The van der Waals surface area contributed by atoms with Crippen molar-refractivity contribution >= 4 is 55.2 Å². The first-order chi connectivity index (χ1) is 20.8. The lowest BCUT2D eigenvalue weighted by Gasteiger charge is -2.23. The number of fused-ring (bicyclic) bond motifs is 1.